The number of H-pyrrole nitrogens is 1. The van der Waals surface area contributed by atoms with Gasteiger partial charge in [-0.15, -0.1) is 0 Å². The Morgan fingerprint density at radius 3 is 3.09 bits per heavy atom. The highest BCUT2D eigenvalue weighted by Gasteiger charge is 2.19. The van der Waals surface area contributed by atoms with Gasteiger partial charge in [-0.05, 0) is 24.6 Å². The maximum absolute atomic E-state index is 12.0. The van der Waals surface area contributed by atoms with Gasteiger partial charge in [0.15, 0.2) is 0 Å². The van der Waals surface area contributed by atoms with Gasteiger partial charge in [0.2, 0.25) is 0 Å². The van der Waals surface area contributed by atoms with E-state index in [2.05, 4.69) is 10.3 Å². The van der Waals surface area contributed by atoms with Crippen LogP contribution < -0.4 is 10.1 Å². The lowest BCUT2D eigenvalue weighted by atomic mass is 10.1. The highest BCUT2D eigenvalue weighted by Crippen LogP contribution is 2.23. The molecule has 1 saturated heterocycles. The smallest absolute Gasteiger partial charge is 0.253 e. The van der Waals surface area contributed by atoms with Crippen LogP contribution in [0.5, 0.6) is 5.75 Å². The Morgan fingerprint density at radius 2 is 2.36 bits per heavy atom. The maximum Gasteiger partial charge on any atom is 0.253 e. The highest BCUT2D eigenvalue weighted by molar-refractivity contribution is 5.93. The van der Waals surface area contributed by atoms with Crippen LogP contribution in [-0.2, 0) is 11.3 Å². The van der Waals surface area contributed by atoms with E-state index in [1.54, 1.807) is 18.5 Å². The second-order valence-electron chi connectivity index (χ2n) is 5.50. The molecule has 1 amide bonds. The van der Waals surface area contributed by atoms with Crippen LogP contribution in [0.25, 0.3) is 0 Å². The number of rotatable bonds is 5. The number of aromatic nitrogens is 1. The molecule has 0 unspecified atom stereocenters. The van der Waals surface area contributed by atoms with Crippen LogP contribution in [0, 0.1) is 6.92 Å². The molecule has 116 valence electrons. The number of carbonyl (C=O) groups is 1. The average Bonchev–Trinajstić information content (AvgIpc) is 3.19. The number of carbonyl (C=O) groups excluding carboxylic acids is 1. The number of hydrogen-bond donors (Lipinski definition) is 2. The summed E-state index contributed by atoms with van der Waals surface area (Å²) in [5.41, 5.74) is 2.73. The van der Waals surface area contributed by atoms with Crippen LogP contribution in [0.4, 0.5) is 0 Å². The van der Waals surface area contributed by atoms with E-state index in [4.69, 9.17) is 9.47 Å². The predicted octanol–water partition coefficient (Wildman–Crippen LogP) is 2.42. The molecule has 0 radical (unpaired) electrons. The first-order valence-electron chi connectivity index (χ1n) is 7.47. The summed E-state index contributed by atoms with van der Waals surface area (Å²) in [6.07, 6.45) is 4.41. The van der Waals surface area contributed by atoms with Crippen LogP contribution in [0.3, 0.4) is 0 Å². The van der Waals surface area contributed by atoms with Crippen LogP contribution in [0.15, 0.2) is 36.7 Å². The van der Waals surface area contributed by atoms with Crippen molar-refractivity contribution in [2.45, 2.75) is 26.0 Å². The van der Waals surface area contributed by atoms with E-state index in [9.17, 15) is 4.79 Å². The van der Waals surface area contributed by atoms with Crippen molar-refractivity contribution in [1.29, 1.82) is 0 Å². The van der Waals surface area contributed by atoms with Crippen molar-refractivity contribution in [3.05, 3.63) is 53.3 Å². The minimum absolute atomic E-state index is 0.0981. The van der Waals surface area contributed by atoms with Crippen molar-refractivity contribution in [2.75, 3.05) is 13.2 Å². The molecule has 1 aliphatic heterocycles. The summed E-state index contributed by atoms with van der Waals surface area (Å²) in [6.45, 7) is 3.84. The zero-order valence-electron chi connectivity index (χ0n) is 12.6. The lowest BCUT2D eigenvalue weighted by Gasteiger charge is -2.16. The number of benzene rings is 1. The first-order valence-corrected chi connectivity index (χ1v) is 7.47. The molecule has 0 bridgehead atoms. The van der Waals surface area contributed by atoms with Crippen LogP contribution in [0.1, 0.15) is 27.9 Å². The van der Waals surface area contributed by atoms with Crippen LogP contribution in [0.2, 0.25) is 0 Å². The zero-order chi connectivity index (χ0) is 15.4. The number of nitrogens with one attached hydrogen (secondary N) is 2. The minimum atomic E-state index is -0.100. The Kier molecular flexibility index (Phi) is 4.44. The van der Waals surface area contributed by atoms with Gasteiger partial charge in [-0.2, -0.15) is 0 Å². The molecule has 3 rings (SSSR count). The molecule has 0 spiro atoms. The molecule has 22 heavy (non-hydrogen) atoms. The number of aromatic amines is 1. The summed E-state index contributed by atoms with van der Waals surface area (Å²) in [5, 5.41) is 2.92. The van der Waals surface area contributed by atoms with E-state index in [-0.39, 0.29) is 12.0 Å². The number of amides is 1. The van der Waals surface area contributed by atoms with E-state index in [1.165, 1.54) is 0 Å². The SMILES string of the molecule is Cc1ccc(CNC(=O)c2cc[nH]c2)c(O[C@H]2CCOC2)c1. The van der Waals surface area contributed by atoms with Crippen molar-refractivity contribution < 1.29 is 14.3 Å². The Hall–Kier alpha value is -2.27. The number of ether oxygens (including phenoxy) is 2. The minimum Gasteiger partial charge on any atom is -0.488 e. The quantitative estimate of drug-likeness (QED) is 0.891. The van der Waals surface area contributed by atoms with Crippen molar-refractivity contribution in [1.82, 2.24) is 10.3 Å². The van der Waals surface area contributed by atoms with Gasteiger partial charge in [-0.1, -0.05) is 12.1 Å². The highest BCUT2D eigenvalue weighted by atomic mass is 16.5. The van der Waals surface area contributed by atoms with Crippen molar-refractivity contribution in [3.8, 4) is 5.75 Å². The Morgan fingerprint density at radius 1 is 1.45 bits per heavy atom. The molecule has 0 saturated carbocycles. The Balaban J connectivity index is 1.68. The average molecular weight is 300 g/mol. The van der Waals surface area contributed by atoms with E-state index in [0.29, 0.717) is 18.7 Å². The fourth-order valence-corrected chi connectivity index (χ4v) is 2.45. The van der Waals surface area contributed by atoms with Crippen molar-refractivity contribution >= 4 is 5.91 Å². The topological polar surface area (TPSA) is 63.4 Å². The zero-order valence-corrected chi connectivity index (χ0v) is 12.6. The van der Waals surface area contributed by atoms with Gasteiger partial charge >= 0.3 is 0 Å². The molecule has 1 aromatic heterocycles. The van der Waals surface area contributed by atoms with Gasteiger partial charge in [0.05, 0.1) is 18.8 Å². The Labute approximate surface area is 129 Å². The fourth-order valence-electron chi connectivity index (χ4n) is 2.45. The molecule has 5 nitrogen and oxygen atoms in total. The third-order valence-corrected chi connectivity index (χ3v) is 3.70. The van der Waals surface area contributed by atoms with E-state index in [0.717, 1.165) is 29.9 Å². The van der Waals surface area contributed by atoms with Gasteiger partial charge in [0.1, 0.15) is 11.9 Å². The Bertz CT molecular complexity index is 631. The second-order valence-corrected chi connectivity index (χ2v) is 5.50. The fraction of sp³-hybridized carbons (Fsp3) is 0.353. The van der Waals surface area contributed by atoms with Gasteiger partial charge in [-0.25, -0.2) is 0 Å². The maximum atomic E-state index is 12.0. The monoisotopic (exact) mass is 300 g/mol. The molecule has 0 aliphatic carbocycles. The molecule has 2 aromatic rings. The molecule has 2 N–H and O–H groups in total. The third-order valence-electron chi connectivity index (χ3n) is 3.70. The summed E-state index contributed by atoms with van der Waals surface area (Å²) in [4.78, 5) is 14.9. The molecule has 1 atom stereocenters. The predicted molar refractivity (Wildman–Crippen MR) is 83.0 cm³/mol. The molecular formula is C17H20N2O3. The summed E-state index contributed by atoms with van der Waals surface area (Å²) >= 11 is 0. The van der Waals surface area contributed by atoms with E-state index >= 15 is 0 Å². The summed E-state index contributed by atoms with van der Waals surface area (Å²) < 4.78 is 11.4. The first kappa shape index (κ1) is 14.7. The van der Waals surface area contributed by atoms with E-state index in [1.807, 2.05) is 25.1 Å². The van der Waals surface area contributed by atoms with E-state index < -0.39 is 0 Å². The normalized spacial score (nSPS) is 17.4. The van der Waals surface area contributed by atoms with Gasteiger partial charge in [0.25, 0.3) is 5.91 Å². The van der Waals surface area contributed by atoms with Crippen LogP contribution >= 0.6 is 0 Å². The second kappa shape index (κ2) is 6.66. The molecule has 5 heteroatoms. The summed E-state index contributed by atoms with van der Waals surface area (Å²) in [5.74, 6) is 0.724. The molecular weight excluding hydrogens is 280 g/mol. The van der Waals surface area contributed by atoms with Gasteiger partial charge in [-0.3, -0.25) is 4.79 Å². The van der Waals surface area contributed by atoms with Gasteiger partial charge in [0, 0.05) is 30.9 Å². The standard InChI is InChI=1S/C17H20N2O3/c1-12-2-3-13(10-19-17(20)14-4-6-18-9-14)16(8-12)22-15-5-7-21-11-15/h2-4,6,8-9,15,18H,5,7,10-11H2,1H3,(H,19,20)/t15-/m0/s1. The summed E-state index contributed by atoms with van der Waals surface area (Å²) in [6, 6.07) is 7.78. The van der Waals surface area contributed by atoms with Crippen molar-refractivity contribution in [2.24, 2.45) is 0 Å². The molecule has 1 aromatic carbocycles. The molecule has 2 heterocycles. The number of aryl methyl sites for hydroxylation is 1. The molecule has 1 fully saturated rings. The number of hydrogen-bond acceptors (Lipinski definition) is 3. The first-order chi connectivity index (χ1) is 10.7. The van der Waals surface area contributed by atoms with Gasteiger partial charge < -0.3 is 19.8 Å². The lowest BCUT2D eigenvalue weighted by molar-refractivity contribution is 0.0950. The summed E-state index contributed by atoms with van der Waals surface area (Å²) in [7, 11) is 0. The largest absolute Gasteiger partial charge is 0.488 e. The van der Waals surface area contributed by atoms with Crippen LogP contribution in [-0.4, -0.2) is 30.2 Å². The molecule has 1 aliphatic rings. The lowest BCUT2D eigenvalue weighted by Crippen LogP contribution is -2.23. The third kappa shape index (κ3) is 3.49. The van der Waals surface area contributed by atoms with Crippen molar-refractivity contribution in [3.63, 3.8) is 0 Å².